The zero-order chi connectivity index (χ0) is 23.1. The summed E-state index contributed by atoms with van der Waals surface area (Å²) in [6.07, 6.45) is 5.33. The first-order valence-electron chi connectivity index (χ1n) is 10.0. The van der Waals surface area contributed by atoms with E-state index in [1.165, 1.54) is 29.5 Å². The topological polar surface area (TPSA) is 135 Å². The number of carbonyl (C=O) groups is 1. The van der Waals surface area contributed by atoms with Crippen molar-refractivity contribution in [3.8, 4) is 17.4 Å². The van der Waals surface area contributed by atoms with Gasteiger partial charge in [-0.15, -0.1) is 10.2 Å². The number of carbonyl (C=O) groups excluding carboxylic acids is 1. The molecule has 0 radical (unpaired) electrons. The molecule has 0 aliphatic carbocycles. The van der Waals surface area contributed by atoms with Gasteiger partial charge in [0.1, 0.15) is 28.2 Å². The molecule has 0 bridgehead atoms. The number of nitriles is 1. The molecular formula is C22H21N5O4S. The van der Waals surface area contributed by atoms with E-state index in [4.69, 9.17) is 4.42 Å². The van der Waals surface area contributed by atoms with Gasteiger partial charge in [0.05, 0.1) is 4.92 Å². The van der Waals surface area contributed by atoms with Crippen LogP contribution in [0.3, 0.4) is 0 Å². The summed E-state index contributed by atoms with van der Waals surface area (Å²) in [6.45, 7) is 3.93. The van der Waals surface area contributed by atoms with E-state index in [2.05, 4.69) is 22.4 Å². The minimum absolute atomic E-state index is 0.0534. The molecule has 0 saturated heterocycles. The third-order valence-corrected chi connectivity index (χ3v) is 5.56. The van der Waals surface area contributed by atoms with Gasteiger partial charge >= 0.3 is 0 Å². The number of aryl methyl sites for hydroxylation is 2. The van der Waals surface area contributed by atoms with Crippen molar-refractivity contribution in [1.29, 1.82) is 5.26 Å². The normalized spacial score (nSPS) is 11.2. The molecule has 1 N–H and O–H groups in total. The largest absolute Gasteiger partial charge is 0.457 e. The number of aromatic nitrogens is 2. The van der Waals surface area contributed by atoms with E-state index in [9.17, 15) is 20.2 Å². The first-order chi connectivity index (χ1) is 15.4. The predicted molar refractivity (Wildman–Crippen MR) is 121 cm³/mol. The second-order valence-corrected chi connectivity index (χ2v) is 8.10. The molecule has 1 amide bonds. The van der Waals surface area contributed by atoms with Gasteiger partial charge in [-0.25, -0.2) is 0 Å². The molecular weight excluding hydrogens is 430 g/mol. The zero-order valence-electron chi connectivity index (χ0n) is 17.6. The summed E-state index contributed by atoms with van der Waals surface area (Å²) in [5, 5.41) is 32.2. The number of hydrogen-bond donors (Lipinski definition) is 1. The standard InChI is InChI=1S/C22H21N5O4S/c1-3-4-5-6-20-25-26-22(32-20)24-21(28)15(13-23)11-17-9-10-19(31-17)18-12-16(27(29)30)8-7-14(18)2/h7-12H,3-6H2,1-2H3,(H,24,26,28)/b15-11-. The summed E-state index contributed by atoms with van der Waals surface area (Å²) in [5.74, 6) is 0.0550. The molecule has 9 nitrogen and oxygen atoms in total. The number of amides is 1. The maximum absolute atomic E-state index is 12.5. The fraction of sp³-hybridized carbons (Fsp3) is 0.273. The monoisotopic (exact) mass is 451 g/mol. The molecule has 10 heteroatoms. The Morgan fingerprint density at radius 1 is 1.31 bits per heavy atom. The van der Waals surface area contributed by atoms with Crippen LogP contribution in [0.2, 0.25) is 0 Å². The SMILES string of the molecule is CCCCCc1nnc(NC(=O)/C(C#N)=C\c2ccc(-c3cc([N+](=O)[O-])ccc3C)o2)s1. The second kappa shape index (κ2) is 10.5. The number of nitrogens with zero attached hydrogens (tertiary/aromatic N) is 4. The minimum atomic E-state index is -0.617. The van der Waals surface area contributed by atoms with Crippen molar-refractivity contribution < 1.29 is 14.1 Å². The van der Waals surface area contributed by atoms with Crippen molar-refractivity contribution in [3.63, 3.8) is 0 Å². The predicted octanol–water partition coefficient (Wildman–Crippen LogP) is 5.29. The Kier molecular flexibility index (Phi) is 7.46. The Balaban J connectivity index is 1.74. The van der Waals surface area contributed by atoms with Crippen LogP contribution in [0, 0.1) is 28.4 Å². The number of non-ortho nitro benzene ring substituents is 1. The van der Waals surface area contributed by atoms with Gasteiger partial charge < -0.3 is 4.42 Å². The Morgan fingerprint density at radius 3 is 2.84 bits per heavy atom. The molecule has 0 aliphatic heterocycles. The van der Waals surface area contributed by atoms with Crippen molar-refractivity contribution in [2.24, 2.45) is 0 Å². The summed E-state index contributed by atoms with van der Waals surface area (Å²) in [4.78, 5) is 23.1. The lowest BCUT2D eigenvalue weighted by molar-refractivity contribution is -0.384. The maximum Gasteiger partial charge on any atom is 0.270 e. The van der Waals surface area contributed by atoms with Crippen molar-refractivity contribution in [2.45, 2.75) is 39.5 Å². The average Bonchev–Trinajstić information content (AvgIpc) is 3.41. The van der Waals surface area contributed by atoms with E-state index < -0.39 is 10.8 Å². The Labute approximate surface area is 188 Å². The van der Waals surface area contributed by atoms with Gasteiger partial charge in [0, 0.05) is 30.2 Å². The number of anilines is 1. The van der Waals surface area contributed by atoms with Gasteiger partial charge in [0.25, 0.3) is 11.6 Å². The van der Waals surface area contributed by atoms with Crippen LogP contribution < -0.4 is 5.32 Å². The highest BCUT2D eigenvalue weighted by atomic mass is 32.1. The van der Waals surface area contributed by atoms with Crippen molar-refractivity contribution in [3.05, 3.63) is 62.4 Å². The van der Waals surface area contributed by atoms with E-state index in [1.807, 2.05) is 13.0 Å². The van der Waals surface area contributed by atoms with E-state index in [1.54, 1.807) is 18.2 Å². The third kappa shape index (κ3) is 5.65. The Bertz CT molecular complexity index is 1210. The average molecular weight is 452 g/mol. The number of benzene rings is 1. The van der Waals surface area contributed by atoms with Crippen LogP contribution in [-0.2, 0) is 11.2 Å². The highest BCUT2D eigenvalue weighted by Crippen LogP contribution is 2.30. The number of nitro benzene ring substituents is 1. The van der Waals surface area contributed by atoms with Crippen molar-refractivity contribution in [1.82, 2.24) is 10.2 Å². The molecule has 3 aromatic rings. The van der Waals surface area contributed by atoms with Crippen LogP contribution in [0.5, 0.6) is 0 Å². The zero-order valence-corrected chi connectivity index (χ0v) is 18.4. The lowest BCUT2D eigenvalue weighted by Crippen LogP contribution is -2.13. The number of hydrogen-bond acceptors (Lipinski definition) is 8. The number of rotatable bonds is 9. The van der Waals surface area contributed by atoms with Crippen molar-refractivity contribution >= 4 is 34.1 Å². The van der Waals surface area contributed by atoms with Gasteiger partial charge in [-0.3, -0.25) is 20.2 Å². The van der Waals surface area contributed by atoms with E-state index >= 15 is 0 Å². The molecule has 1 aromatic carbocycles. The lowest BCUT2D eigenvalue weighted by Gasteiger charge is -2.02. The summed E-state index contributed by atoms with van der Waals surface area (Å²) in [6, 6.07) is 9.57. The van der Waals surface area contributed by atoms with Gasteiger partial charge in [-0.05, 0) is 31.0 Å². The molecule has 0 unspecified atom stereocenters. The fourth-order valence-corrected chi connectivity index (χ4v) is 3.73. The molecule has 164 valence electrons. The van der Waals surface area contributed by atoms with Gasteiger partial charge in [0.2, 0.25) is 5.13 Å². The summed E-state index contributed by atoms with van der Waals surface area (Å²) < 4.78 is 5.72. The minimum Gasteiger partial charge on any atom is -0.457 e. The number of nitro groups is 1. The number of nitrogens with one attached hydrogen (secondary N) is 1. The fourth-order valence-electron chi connectivity index (χ4n) is 2.95. The molecule has 2 aromatic heterocycles. The van der Waals surface area contributed by atoms with Crippen LogP contribution in [0.15, 0.2) is 40.3 Å². The molecule has 0 spiro atoms. The van der Waals surface area contributed by atoms with Crippen LogP contribution in [0.1, 0.15) is 42.5 Å². The highest BCUT2D eigenvalue weighted by Gasteiger charge is 2.16. The molecule has 0 saturated carbocycles. The quantitative estimate of drug-likeness (QED) is 0.153. The van der Waals surface area contributed by atoms with E-state index in [0.717, 1.165) is 36.3 Å². The number of unbranched alkanes of at least 4 members (excludes halogenated alkanes) is 2. The molecule has 2 heterocycles. The van der Waals surface area contributed by atoms with Crippen molar-refractivity contribution in [2.75, 3.05) is 5.32 Å². The molecule has 0 fully saturated rings. The molecule has 32 heavy (non-hydrogen) atoms. The van der Waals surface area contributed by atoms with Gasteiger partial charge in [-0.2, -0.15) is 5.26 Å². The van der Waals surface area contributed by atoms with Gasteiger partial charge in [-0.1, -0.05) is 37.2 Å². The van der Waals surface area contributed by atoms with E-state index in [-0.39, 0.29) is 17.0 Å². The first-order valence-corrected chi connectivity index (χ1v) is 10.8. The lowest BCUT2D eigenvalue weighted by atomic mass is 10.1. The van der Waals surface area contributed by atoms with E-state index in [0.29, 0.717) is 16.5 Å². The molecule has 3 rings (SSSR count). The Hall–Kier alpha value is -3.84. The molecule has 0 atom stereocenters. The highest BCUT2D eigenvalue weighted by molar-refractivity contribution is 7.15. The summed E-state index contributed by atoms with van der Waals surface area (Å²) in [7, 11) is 0. The third-order valence-electron chi connectivity index (χ3n) is 4.66. The summed E-state index contributed by atoms with van der Waals surface area (Å²) >= 11 is 1.28. The van der Waals surface area contributed by atoms with Crippen LogP contribution in [0.25, 0.3) is 17.4 Å². The summed E-state index contributed by atoms with van der Waals surface area (Å²) in [5.41, 5.74) is 1.14. The van der Waals surface area contributed by atoms with Gasteiger partial charge in [0.15, 0.2) is 0 Å². The maximum atomic E-state index is 12.5. The second-order valence-electron chi connectivity index (χ2n) is 7.04. The smallest absolute Gasteiger partial charge is 0.270 e. The van der Waals surface area contributed by atoms with Crippen LogP contribution >= 0.6 is 11.3 Å². The number of furan rings is 1. The van der Waals surface area contributed by atoms with Crippen LogP contribution in [0.4, 0.5) is 10.8 Å². The molecule has 0 aliphatic rings. The first kappa shape index (κ1) is 22.8. The Morgan fingerprint density at radius 2 is 2.12 bits per heavy atom. The van der Waals surface area contributed by atoms with Crippen LogP contribution in [-0.4, -0.2) is 21.0 Å².